The van der Waals surface area contributed by atoms with Gasteiger partial charge in [-0.25, -0.2) is 9.78 Å². The SMILES string of the molecule is CN(C)C(CCOc1ccc(-c2c(-c3ccccc3)[nH]c3ncc(Br)cc23)cc1)OC(=O)C(F)(F)F. The van der Waals surface area contributed by atoms with Crippen LogP contribution >= 0.6 is 15.9 Å². The molecule has 0 saturated heterocycles. The molecule has 0 radical (unpaired) electrons. The van der Waals surface area contributed by atoms with Crippen LogP contribution in [0.25, 0.3) is 33.4 Å². The van der Waals surface area contributed by atoms with Crippen molar-refractivity contribution >= 4 is 32.9 Å². The van der Waals surface area contributed by atoms with Crippen molar-refractivity contribution in [2.75, 3.05) is 20.7 Å². The zero-order valence-electron chi connectivity index (χ0n) is 19.5. The number of hydrogen-bond donors (Lipinski definition) is 1. The van der Waals surface area contributed by atoms with Crippen LogP contribution in [0.4, 0.5) is 13.2 Å². The number of nitrogens with one attached hydrogen (secondary N) is 1. The fraction of sp³-hybridized carbons (Fsp3) is 0.231. The van der Waals surface area contributed by atoms with Crippen molar-refractivity contribution in [3.63, 3.8) is 0 Å². The van der Waals surface area contributed by atoms with Gasteiger partial charge in [-0.3, -0.25) is 4.90 Å². The van der Waals surface area contributed by atoms with E-state index in [1.807, 2.05) is 48.5 Å². The van der Waals surface area contributed by atoms with E-state index in [1.54, 1.807) is 18.3 Å². The first kappa shape index (κ1) is 25.7. The molecular weight excluding hydrogens is 539 g/mol. The number of ether oxygens (including phenoxy) is 2. The van der Waals surface area contributed by atoms with Crippen molar-refractivity contribution in [1.29, 1.82) is 0 Å². The van der Waals surface area contributed by atoms with E-state index in [0.717, 1.165) is 37.9 Å². The second-order valence-corrected chi connectivity index (χ2v) is 9.19. The summed E-state index contributed by atoms with van der Waals surface area (Å²) in [6.45, 7) is 0.0621. The van der Waals surface area contributed by atoms with Gasteiger partial charge in [0, 0.05) is 28.0 Å². The number of benzene rings is 2. The summed E-state index contributed by atoms with van der Waals surface area (Å²) >= 11 is 3.50. The minimum atomic E-state index is -5.04. The summed E-state index contributed by atoms with van der Waals surface area (Å²) in [5, 5.41) is 0.956. The molecule has 10 heteroatoms. The average Bonchev–Trinajstić information content (AvgIpc) is 3.22. The summed E-state index contributed by atoms with van der Waals surface area (Å²) in [5.74, 6) is -1.68. The van der Waals surface area contributed by atoms with Crippen LogP contribution < -0.4 is 4.74 Å². The quantitative estimate of drug-likeness (QED) is 0.198. The Labute approximate surface area is 214 Å². The molecule has 6 nitrogen and oxygen atoms in total. The topological polar surface area (TPSA) is 67.4 Å². The molecule has 0 saturated carbocycles. The molecule has 0 aliphatic heterocycles. The number of esters is 1. The van der Waals surface area contributed by atoms with Crippen molar-refractivity contribution in [1.82, 2.24) is 14.9 Å². The largest absolute Gasteiger partial charge is 0.493 e. The van der Waals surface area contributed by atoms with Gasteiger partial charge >= 0.3 is 12.1 Å². The van der Waals surface area contributed by atoms with E-state index in [-0.39, 0.29) is 13.0 Å². The molecule has 0 aliphatic rings. The van der Waals surface area contributed by atoms with Gasteiger partial charge in [-0.05, 0) is 59.4 Å². The summed E-state index contributed by atoms with van der Waals surface area (Å²) in [6.07, 6.45) is -4.31. The molecule has 1 unspecified atom stereocenters. The minimum Gasteiger partial charge on any atom is -0.493 e. The molecule has 1 N–H and O–H groups in total. The molecule has 1 atom stereocenters. The van der Waals surface area contributed by atoms with Gasteiger partial charge < -0.3 is 14.5 Å². The van der Waals surface area contributed by atoms with Crippen molar-refractivity contribution in [2.24, 2.45) is 0 Å². The third kappa shape index (κ3) is 5.88. The summed E-state index contributed by atoms with van der Waals surface area (Å²) in [4.78, 5) is 20.5. The Morgan fingerprint density at radius 3 is 2.42 bits per heavy atom. The molecule has 0 fully saturated rings. The van der Waals surface area contributed by atoms with Gasteiger partial charge in [0.2, 0.25) is 0 Å². The monoisotopic (exact) mass is 561 g/mol. The third-order valence-electron chi connectivity index (χ3n) is 5.51. The molecular formula is C26H23BrF3N3O3. The number of hydrogen-bond acceptors (Lipinski definition) is 5. The highest BCUT2D eigenvalue weighted by Gasteiger charge is 2.42. The predicted molar refractivity (Wildman–Crippen MR) is 134 cm³/mol. The molecule has 4 rings (SSSR count). The number of fused-ring (bicyclic) bond motifs is 1. The molecule has 36 heavy (non-hydrogen) atoms. The Bertz CT molecular complexity index is 1340. The summed E-state index contributed by atoms with van der Waals surface area (Å²) in [5.41, 5.74) is 4.65. The maximum absolute atomic E-state index is 12.5. The van der Waals surface area contributed by atoms with Crippen LogP contribution in [0.2, 0.25) is 0 Å². The van der Waals surface area contributed by atoms with Gasteiger partial charge in [-0.2, -0.15) is 13.2 Å². The van der Waals surface area contributed by atoms with Crippen LogP contribution in [-0.4, -0.2) is 53.9 Å². The Balaban J connectivity index is 1.52. The van der Waals surface area contributed by atoms with E-state index >= 15 is 0 Å². The second kappa shape index (κ2) is 10.7. The number of halogens is 4. The molecule has 4 aromatic rings. The summed E-state index contributed by atoms with van der Waals surface area (Å²) < 4.78 is 48.7. The fourth-order valence-corrected chi connectivity index (χ4v) is 4.11. The molecule has 188 valence electrons. The van der Waals surface area contributed by atoms with E-state index in [4.69, 9.17) is 4.74 Å². The Kier molecular flexibility index (Phi) is 7.65. The first-order chi connectivity index (χ1) is 17.1. The highest BCUT2D eigenvalue weighted by molar-refractivity contribution is 9.10. The van der Waals surface area contributed by atoms with Gasteiger partial charge in [0.1, 0.15) is 11.4 Å². The number of carbonyl (C=O) groups excluding carboxylic acids is 1. The number of alkyl halides is 3. The molecule has 2 aromatic carbocycles. The lowest BCUT2D eigenvalue weighted by atomic mass is 9.99. The smallest absolute Gasteiger partial charge is 0.490 e. The second-order valence-electron chi connectivity index (χ2n) is 8.27. The van der Waals surface area contributed by atoms with Crippen molar-refractivity contribution in [3.8, 4) is 28.1 Å². The molecule has 0 aliphatic carbocycles. The maximum Gasteiger partial charge on any atom is 0.490 e. The molecule has 0 spiro atoms. The number of carbonyl (C=O) groups is 1. The zero-order chi connectivity index (χ0) is 25.9. The Hall–Kier alpha value is -3.37. The molecule has 0 bridgehead atoms. The lowest BCUT2D eigenvalue weighted by Crippen LogP contribution is -2.38. The summed E-state index contributed by atoms with van der Waals surface area (Å²) in [6, 6.07) is 19.4. The van der Waals surface area contributed by atoms with Gasteiger partial charge in [0.05, 0.1) is 12.3 Å². The van der Waals surface area contributed by atoms with Crippen LogP contribution in [0.5, 0.6) is 5.75 Å². The minimum absolute atomic E-state index is 0.0621. The van der Waals surface area contributed by atoms with Gasteiger partial charge in [0.25, 0.3) is 0 Å². The molecule has 0 amide bonds. The van der Waals surface area contributed by atoms with Crippen LogP contribution in [0.1, 0.15) is 6.42 Å². The first-order valence-corrected chi connectivity index (χ1v) is 11.8. The first-order valence-electron chi connectivity index (χ1n) is 11.0. The number of pyridine rings is 1. The number of rotatable bonds is 8. The van der Waals surface area contributed by atoms with E-state index < -0.39 is 18.4 Å². The van der Waals surface area contributed by atoms with E-state index in [1.165, 1.54) is 19.0 Å². The number of aromatic amines is 1. The molecule has 2 aromatic heterocycles. The van der Waals surface area contributed by atoms with Gasteiger partial charge in [0.15, 0.2) is 6.23 Å². The van der Waals surface area contributed by atoms with Crippen LogP contribution in [0.15, 0.2) is 71.3 Å². The number of nitrogens with zero attached hydrogens (tertiary/aromatic N) is 2. The normalized spacial score (nSPS) is 12.6. The van der Waals surface area contributed by atoms with Gasteiger partial charge in [-0.15, -0.1) is 0 Å². The van der Waals surface area contributed by atoms with Crippen LogP contribution in [-0.2, 0) is 9.53 Å². The maximum atomic E-state index is 12.5. The Morgan fingerprint density at radius 1 is 1.08 bits per heavy atom. The Morgan fingerprint density at radius 2 is 1.78 bits per heavy atom. The highest BCUT2D eigenvalue weighted by Crippen LogP contribution is 2.39. The lowest BCUT2D eigenvalue weighted by molar-refractivity contribution is -0.212. The zero-order valence-corrected chi connectivity index (χ0v) is 21.1. The lowest BCUT2D eigenvalue weighted by Gasteiger charge is -2.24. The summed E-state index contributed by atoms with van der Waals surface area (Å²) in [7, 11) is 3.06. The van der Waals surface area contributed by atoms with Gasteiger partial charge in [-0.1, -0.05) is 42.5 Å². The van der Waals surface area contributed by atoms with Crippen molar-refractivity contribution in [2.45, 2.75) is 18.8 Å². The van der Waals surface area contributed by atoms with Crippen molar-refractivity contribution < 1.29 is 27.4 Å². The molecule has 2 heterocycles. The van der Waals surface area contributed by atoms with E-state index in [2.05, 4.69) is 30.6 Å². The number of H-pyrrole nitrogens is 1. The number of aromatic nitrogens is 2. The predicted octanol–water partition coefficient (Wildman–Crippen LogP) is 6.42. The fourth-order valence-electron chi connectivity index (χ4n) is 3.77. The average molecular weight is 562 g/mol. The van der Waals surface area contributed by atoms with E-state index in [9.17, 15) is 18.0 Å². The van der Waals surface area contributed by atoms with E-state index in [0.29, 0.717) is 5.75 Å². The highest BCUT2D eigenvalue weighted by atomic mass is 79.9. The van der Waals surface area contributed by atoms with Crippen molar-refractivity contribution in [3.05, 3.63) is 71.3 Å². The van der Waals surface area contributed by atoms with Crippen LogP contribution in [0, 0.1) is 0 Å². The van der Waals surface area contributed by atoms with Crippen LogP contribution in [0.3, 0.4) is 0 Å². The third-order valence-corrected chi connectivity index (χ3v) is 5.94. The standard InChI is InChI=1S/C26H23BrF3N3O3/c1-33(2)21(36-25(34)26(28,29)30)12-13-35-19-10-8-16(9-11-19)22-20-14-18(27)15-31-24(20)32-23(22)17-6-4-3-5-7-17/h3-11,14-15,21H,12-13H2,1-2H3,(H,31,32).